The van der Waals surface area contributed by atoms with Gasteiger partial charge in [0.15, 0.2) is 0 Å². The molecule has 2 N–H and O–H groups in total. The summed E-state index contributed by atoms with van der Waals surface area (Å²) in [6, 6.07) is 5.07. The maximum absolute atomic E-state index is 9.64. The molecule has 1 saturated heterocycles. The van der Waals surface area contributed by atoms with Crippen LogP contribution in [-0.4, -0.2) is 36.2 Å². The summed E-state index contributed by atoms with van der Waals surface area (Å²) < 4.78 is 0. The van der Waals surface area contributed by atoms with Crippen LogP contribution in [0.2, 0.25) is 5.02 Å². The Hall–Kier alpha value is -1.19. The molecule has 0 amide bonds. The van der Waals surface area contributed by atoms with Crippen LogP contribution in [-0.2, 0) is 0 Å². The number of rotatable bonds is 6. The van der Waals surface area contributed by atoms with Crippen LogP contribution in [0.1, 0.15) is 32.8 Å². The van der Waals surface area contributed by atoms with Crippen LogP contribution in [0.3, 0.4) is 0 Å². The average Bonchev–Trinajstić information content (AvgIpc) is 2.92. The number of hydrogen-bond acceptors (Lipinski definition) is 3. The van der Waals surface area contributed by atoms with Gasteiger partial charge in [0.2, 0.25) is 0 Å². The predicted molar refractivity (Wildman–Crippen MR) is 101 cm³/mol. The molecular formula is C20H29ClN2O. The van der Waals surface area contributed by atoms with Crippen molar-refractivity contribution in [3.8, 4) is 5.75 Å². The Kier molecular flexibility index (Phi) is 4.85. The number of phenols is 1. The number of likely N-dealkylation sites (tertiary alicyclic amines) is 1. The summed E-state index contributed by atoms with van der Waals surface area (Å²) in [6.45, 7) is 15.7. The molecule has 1 aromatic carbocycles. The van der Waals surface area contributed by atoms with Gasteiger partial charge in [0.25, 0.3) is 0 Å². The predicted octanol–water partition coefficient (Wildman–Crippen LogP) is 4.22. The van der Waals surface area contributed by atoms with Gasteiger partial charge in [-0.3, -0.25) is 0 Å². The Morgan fingerprint density at radius 3 is 2.54 bits per heavy atom. The van der Waals surface area contributed by atoms with Crippen LogP contribution in [0.5, 0.6) is 5.75 Å². The maximum atomic E-state index is 9.64. The second-order valence-corrected chi connectivity index (χ2v) is 9.06. The highest BCUT2D eigenvalue weighted by atomic mass is 35.5. The smallest absolute Gasteiger partial charge is 0.117 e. The van der Waals surface area contributed by atoms with Crippen molar-refractivity contribution in [2.24, 2.45) is 23.2 Å². The lowest BCUT2D eigenvalue weighted by molar-refractivity contribution is 0.236. The van der Waals surface area contributed by atoms with Crippen molar-refractivity contribution >= 4 is 17.3 Å². The molecule has 3 rings (SSSR count). The number of aromatic hydroxyl groups is 1. The standard InChI is InChI=1S/C20H29ClN2O/c1-13(14-7-15(21)9-16(24)8-14)22-10-17-18-11-23(12-19(17)18)6-5-20(2,3)4/h7-9,17-19,22,24H,1,5-6,10-12H2,2-4H3. The van der Waals surface area contributed by atoms with Gasteiger partial charge in [0.05, 0.1) is 0 Å². The van der Waals surface area contributed by atoms with Crippen molar-refractivity contribution in [2.45, 2.75) is 27.2 Å². The SMILES string of the molecule is C=C(NCC1C2CN(CCC(C)(C)C)CC12)c1cc(O)cc(Cl)c1. The first-order chi connectivity index (χ1) is 11.2. The van der Waals surface area contributed by atoms with E-state index in [1.165, 1.54) is 32.1 Å². The minimum absolute atomic E-state index is 0.179. The Bertz CT molecular complexity index is 590. The minimum atomic E-state index is 0.179. The van der Waals surface area contributed by atoms with Crippen molar-refractivity contribution in [3.63, 3.8) is 0 Å². The van der Waals surface area contributed by atoms with Crippen molar-refractivity contribution in [3.05, 3.63) is 35.4 Å². The molecule has 2 unspecified atom stereocenters. The lowest BCUT2D eigenvalue weighted by Crippen LogP contribution is -2.30. The first-order valence-electron chi connectivity index (χ1n) is 8.88. The highest BCUT2D eigenvalue weighted by molar-refractivity contribution is 6.30. The molecule has 1 aliphatic heterocycles. The summed E-state index contributed by atoms with van der Waals surface area (Å²) >= 11 is 5.99. The van der Waals surface area contributed by atoms with Crippen molar-refractivity contribution in [1.82, 2.24) is 10.2 Å². The van der Waals surface area contributed by atoms with Crippen molar-refractivity contribution < 1.29 is 5.11 Å². The molecule has 2 atom stereocenters. The third-order valence-corrected chi connectivity index (χ3v) is 5.63. The fraction of sp³-hybridized carbons (Fsp3) is 0.600. The van der Waals surface area contributed by atoms with Gasteiger partial charge in [-0.2, -0.15) is 0 Å². The Morgan fingerprint density at radius 2 is 1.96 bits per heavy atom. The summed E-state index contributed by atoms with van der Waals surface area (Å²) in [6.07, 6.45) is 1.27. The maximum Gasteiger partial charge on any atom is 0.117 e. The van der Waals surface area contributed by atoms with Crippen LogP contribution in [0.15, 0.2) is 24.8 Å². The van der Waals surface area contributed by atoms with Crippen molar-refractivity contribution in [1.29, 1.82) is 0 Å². The number of nitrogens with zero attached hydrogens (tertiary/aromatic N) is 1. The van der Waals surface area contributed by atoms with E-state index in [0.717, 1.165) is 35.6 Å². The number of halogens is 1. The molecule has 132 valence electrons. The third-order valence-electron chi connectivity index (χ3n) is 5.41. The van der Waals surface area contributed by atoms with Crippen LogP contribution in [0.4, 0.5) is 0 Å². The van der Waals surface area contributed by atoms with E-state index in [-0.39, 0.29) is 5.75 Å². The lowest BCUT2D eigenvalue weighted by atomic mass is 9.92. The molecule has 0 aromatic heterocycles. The number of benzene rings is 1. The van der Waals surface area contributed by atoms with Crippen LogP contribution >= 0.6 is 11.6 Å². The lowest BCUT2D eigenvalue weighted by Gasteiger charge is -2.25. The molecule has 2 aliphatic rings. The van der Waals surface area contributed by atoms with E-state index < -0.39 is 0 Å². The number of phenolic OH excluding ortho intramolecular Hbond substituents is 1. The highest BCUT2D eigenvalue weighted by Crippen LogP contribution is 2.51. The van der Waals surface area contributed by atoms with E-state index in [4.69, 9.17) is 11.6 Å². The summed E-state index contributed by atoms with van der Waals surface area (Å²) in [5.41, 5.74) is 2.12. The van der Waals surface area contributed by atoms with E-state index in [9.17, 15) is 5.11 Å². The van der Waals surface area contributed by atoms with Crippen LogP contribution in [0.25, 0.3) is 5.70 Å². The summed E-state index contributed by atoms with van der Waals surface area (Å²) in [5.74, 6) is 2.63. The Balaban J connectivity index is 1.42. The first kappa shape index (κ1) is 17.6. The summed E-state index contributed by atoms with van der Waals surface area (Å²) in [5, 5.41) is 13.6. The molecule has 0 radical (unpaired) electrons. The van der Waals surface area contributed by atoms with E-state index in [0.29, 0.717) is 10.4 Å². The zero-order chi connectivity index (χ0) is 17.5. The van der Waals surface area contributed by atoms with Crippen LogP contribution in [0, 0.1) is 23.2 Å². The molecule has 0 bridgehead atoms. The van der Waals surface area contributed by atoms with Gasteiger partial charge < -0.3 is 15.3 Å². The van der Waals surface area contributed by atoms with Gasteiger partial charge in [0, 0.05) is 35.9 Å². The number of piperidine rings is 1. The second kappa shape index (κ2) is 6.61. The summed E-state index contributed by atoms with van der Waals surface area (Å²) in [7, 11) is 0. The number of fused-ring (bicyclic) bond motifs is 1. The molecule has 1 saturated carbocycles. The zero-order valence-corrected chi connectivity index (χ0v) is 15.7. The molecule has 1 aliphatic carbocycles. The first-order valence-corrected chi connectivity index (χ1v) is 9.26. The van der Waals surface area contributed by atoms with Gasteiger partial charge >= 0.3 is 0 Å². The average molecular weight is 349 g/mol. The largest absolute Gasteiger partial charge is 0.508 e. The fourth-order valence-electron chi connectivity index (χ4n) is 3.81. The van der Waals surface area contributed by atoms with E-state index >= 15 is 0 Å². The van der Waals surface area contributed by atoms with Crippen molar-refractivity contribution in [2.75, 3.05) is 26.2 Å². The number of hydrogen-bond donors (Lipinski definition) is 2. The van der Waals surface area contributed by atoms with Gasteiger partial charge in [0.1, 0.15) is 5.75 Å². The van der Waals surface area contributed by atoms with Crippen LogP contribution < -0.4 is 5.32 Å². The highest BCUT2D eigenvalue weighted by Gasteiger charge is 2.54. The molecule has 4 heteroatoms. The fourth-order valence-corrected chi connectivity index (χ4v) is 4.04. The van der Waals surface area contributed by atoms with Gasteiger partial charge in [-0.05, 0) is 54.3 Å². The normalized spacial score (nSPS) is 26.2. The molecule has 1 heterocycles. The van der Waals surface area contributed by atoms with E-state index in [2.05, 4.69) is 37.6 Å². The minimum Gasteiger partial charge on any atom is -0.508 e. The van der Waals surface area contributed by atoms with Gasteiger partial charge in [-0.25, -0.2) is 0 Å². The topological polar surface area (TPSA) is 35.5 Å². The number of nitrogens with one attached hydrogen (secondary N) is 1. The third kappa shape index (κ3) is 4.25. The van der Waals surface area contributed by atoms with E-state index in [1.807, 2.05) is 6.07 Å². The van der Waals surface area contributed by atoms with Gasteiger partial charge in [-0.1, -0.05) is 39.0 Å². The Labute approximate surface area is 150 Å². The Morgan fingerprint density at radius 1 is 1.29 bits per heavy atom. The molecule has 1 aromatic rings. The molecule has 0 spiro atoms. The monoisotopic (exact) mass is 348 g/mol. The quantitative estimate of drug-likeness (QED) is 0.808. The molecule has 24 heavy (non-hydrogen) atoms. The molecule has 2 fully saturated rings. The second-order valence-electron chi connectivity index (χ2n) is 8.62. The van der Waals surface area contributed by atoms with Gasteiger partial charge in [-0.15, -0.1) is 0 Å². The summed E-state index contributed by atoms with van der Waals surface area (Å²) in [4.78, 5) is 2.63. The van der Waals surface area contributed by atoms with E-state index in [1.54, 1.807) is 6.07 Å². The zero-order valence-electron chi connectivity index (χ0n) is 15.0. The molecular weight excluding hydrogens is 320 g/mol. The molecule has 3 nitrogen and oxygen atoms in total.